The van der Waals surface area contributed by atoms with Crippen LogP contribution in [0.1, 0.15) is 10.4 Å². The van der Waals surface area contributed by atoms with Gasteiger partial charge in [-0.3, -0.25) is 9.89 Å². The zero-order valence-corrected chi connectivity index (χ0v) is 14.2. The van der Waals surface area contributed by atoms with Gasteiger partial charge in [-0.15, -0.1) is 10.2 Å². The van der Waals surface area contributed by atoms with Gasteiger partial charge in [0.2, 0.25) is 5.91 Å². The Labute approximate surface area is 153 Å². The summed E-state index contributed by atoms with van der Waals surface area (Å²) in [6.45, 7) is 0. The van der Waals surface area contributed by atoms with Crippen LogP contribution in [0, 0.1) is 0 Å². The zero-order chi connectivity index (χ0) is 18.3. The summed E-state index contributed by atoms with van der Waals surface area (Å²) in [5, 5.41) is 16.6. The molecule has 26 heavy (non-hydrogen) atoms. The van der Waals surface area contributed by atoms with Crippen molar-refractivity contribution >= 4 is 34.4 Å². The average Bonchev–Trinajstić information content (AvgIpc) is 3.03. The molecule has 1 amide bonds. The minimum atomic E-state index is -0.517. The van der Waals surface area contributed by atoms with Crippen LogP contribution in [0.3, 0.4) is 0 Å². The molecule has 0 aliphatic rings. The quantitative estimate of drug-likeness (QED) is 0.515. The first-order valence-electron chi connectivity index (χ1n) is 7.71. The van der Waals surface area contributed by atoms with E-state index in [9.17, 15) is 4.79 Å². The first-order chi connectivity index (χ1) is 12.5. The number of nitrogens with two attached hydrogens (primary N) is 2. The summed E-state index contributed by atoms with van der Waals surface area (Å²) in [4.78, 5) is 11.5. The molecule has 8 heteroatoms. The van der Waals surface area contributed by atoms with Crippen molar-refractivity contribution in [1.82, 2.24) is 20.4 Å². The molecule has 128 valence electrons. The second-order valence-electron chi connectivity index (χ2n) is 5.71. The molecule has 0 unspecified atom stereocenters. The minimum absolute atomic E-state index is 0.312. The summed E-state index contributed by atoms with van der Waals surface area (Å²) in [6, 6.07) is 14.2. The van der Waals surface area contributed by atoms with E-state index in [1.54, 1.807) is 30.3 Å². The lowest BCUT2D eigenvalue weighted by Crippen LogP contribution is -2.10. The number of aromatic amines is 1. The number of H-pyrrole nitrogens is 1. The Kier molecular flexibility index (Phi) is 3.78. The van der Waals surface area contributed by atoms with Crippen molar-refractivity contribution in [3.05, 3.63) is 59.1 Å². The number of carbonyl (C=O) groups excluding carboxylic acids is 1. The van der Waals surface area contributed by atoms with Crippen LogP contribution in [0.4, 0.5) is 5.82 Å². The molecule has 0 spiro atoms. The molecule has 0 saturated heterocycles. The van der Waals surface area contributed by atoms with Gasteiger partial charge in [0.1, 0.15) is 5.69 Å². The van der Waals surface area contributed by atoms with E-state index in [1.807, 2.05) is 18.2 Å². The first kappa shape index (κ1) is 16.0. The van der Waals surface area contributed by atoms with E-state index in [-0.39, 0.29) is 0 Å². The molecule has 7 nitrogen and oxygen atoms in total. The van der Waals surface area contributed by atoms with Gasteiger partial charge in [-0.05, 0) is 29.8 Å². The van der Waals surface area contributed by atoms with Gasteiger partial charge in [-0.2, -0.15) is 5.10 Å². The van der Waals surface area contributed by atoms with Crippen LogP contribution in [0.5, 0.6) is 0 Å². The topological polar surface area (TPSA) is 124 Å². The number of fused-ring (bicyclic) bond motifs is 1. The van der Waals surface area contributed by atoms with Crippen molar-refractivity contribution in [2.24, 2.45) is 5.73 Å². The summed E-state index contributed by atoms with van der Waals surface area (Å²) in [5.41, 5.74) is 15.2. The molecule has 5 N–H and O–H groups in total. The van der Waals surface area contributed by atoms with Gasteiger partial charge < -0.3 is 11.5 Å². The van der Waals surface area contributed by atoms with Crippen LogP contribution in [0.2, 0.25) is 5.02 Å². The van der Waals surface area contributed by atoms with Crippen molar-refractivity contribution in [3.8, 4) is 22.4 Å². The van der Waals surface area contributed by atoms with Gasteiger partial charge in [0.05, 0.1) is 5.39 Å². The van der Waals surface area contributed by atoms with Gasteiger partial charge in [0.15, 0.2) is 11.5 Å². The van der Waals surface area contributed by atoms with E-state index in [1.165, 1.54) is 0 Å². The highest BCUT2D eigenvalue weighted by Crippen LogP contribution is 2.37. The van der Waals surface area contributed by atoms with Gasteiger partial charge in [0, 0.05) is 21.7 Å². The lowest BCUT2D eigenvalue weighted by atomic mass is 9.96. The number of hydrogen-bond donors (Lipinski definition) is 3. The van der Waals surface area contributed by atoms with Crippen molar-refractivity contribution in [2.75, 3.05) is 5.73 Å². The first-order valence-corrected chi connectivity index (χ1v) is 8.09. The van der Waals surface area contributed by atoms with Crippen LogP contribution in [-0.4, -0.2) is 26.3 Å². The summed E-state index contributed by atoms with van der Waals surface area (Å²) in [5.74, 6) is -0.205. The smallest absolute Gasteiger partial charge is 0.248 e. The number of benzene rings is 2. The van der Waals surface area contributed by atoms with E-state index < -0.39 is 5.91 Å². The lowest BCUT2D eigenvalue weighted by Gasteiger charge is -2.11. The Morgan fingerprint density at radius 1 is 1.04 bits per heavy atom. The Morgan fingerprint density at radius 3 is 2.54 bits per heavy atom. The fourth-order valence-electron chi connectivity index (χ4n) is 2.85. The predicted octanol–water partition coefficient (Wildman–Crippen LogP) is 3.02. The van der Waals surface area contributed by atoms with Crippen LogP contribution < -0.4 is 11.5 Å². The largest absolute Gasteiger partial charge is 0.382 e. The Morgan fingerprint density at radius 2 is 1.81 bits per heavy atom. The SMILES string of the molecule is NC(=O)c1cccc(-c2nnc3[nH]nc(N)c3c2-c2ccc(Cl)cc2)c1. The molecule has 4 rings (SSSR count). The maximum absolute atomic E-state index is 11.5. The highest BCUT2D eigenvalue weighted by molar-refractivity contribution is 6.30. The van der Waals surface area contributed by atoms with Crippen LogP contribution >= 0.6 is 11.6 Å². The molecule has 0 atom stereocenters. The number of nitrogens with zero attached hydrogens (tertiary/aromatic N) is 3. The minimum Gasteiger partial charge on any atom is -0.382 e. The van der Waals surface area contributed by atoms with Crippen LogP contribution in [0.15, 0.2) is 48.5 Å². The fourth-order valence-corrected chi connectivity index (χ4v) is 2.98. The number of hydrogen-bond acceptors (Lipinski definition) is 5. The Hall–Kier alpha value is -3.45. The summed E-state index contributed by atoms with van der Waals surface area (Å²) < 4.78 is 0. The van der Waals surface area contributed by atoms with E-state index >= 15 is 0 Å². The molecule has 0 aliphatic heterocycles. The second-order valence-corrected chi connectivity index (χ2v) is 6.14. The molecular weight excluding hydrogens is 352 g/mol. The number of amides is 1. The number of nitrogen functional groups attached to an aromatic ring is 1. The summed E-state index contributed by atoms with van der Waals surface area (Å²) in [7, 11) is 0. The van der Waals surface area contributed by atoms with Crippen LogP contribution in [-0.2, 0) is 0 Å². The third-order valence-corrected chi connectivity index (χ3v) is 4.32. The highest BCUT2D eigenvalue weighted by Gasteiger charge is 2.19. The van der Waals surface area contributed by atoms with Gasteiger partial charge in [-0.25, -0.2) is 0 Å². The number of rotatable bonds is 3. The van der Waals surface area contributed by atoms with Gasteiger partial charge in [0.25, 0.3) is 0 Å². The molecule has 2 aromatic heterocycles. The third-order valence-electron chi connectivity index (χ3n) is 4.07. The monoisotopic (exact) mass is 364 g/mol. The maximum Gasteiger partial charge on any atom is 0.248 e. The summed E-state index contributed by atoms with van der Waals surface area (Å²) in [6.07, 6.45) is 0. The summed E-state index contributed by atoms with van der Waals surface area (Å²) >= 11 is 6.02. The van der Waals surface area contributed by atoms with Gasteiger partial charge in [-0.1, -0.05) is 35.9 Å². The van der Waals surface area contributed by atoms with Crippen molar-refractivity contribution in [2.45, 2.75) is 0 Å². The average molecular weight is 365 g/mol. The molecule has 4 aromatic rings. The standard InChI is InChI=1S/C18H13ClN6O/c19-12-6-4-9(5-7-12)13-14-16(20)23-25-18(14)24-22-15(13)10-2-1-3-11(8-10)17(21)26/h1-8H,(H2,21,26)(H3,20,23,24,25). The Balaban J connectivity index is 2.05. The van der Waals surface area contributed by atoms with Crippen molar-refractivity contribution in [1.29, 1.82) is 0 Å². The second kappa shape index (κ2) is 6.12. The van der Waals surface area contributed by atoms with Crippen molar-refractivity contribution in [3.63, 3.8) is 0 Å². The number of carbonyl (C=O) groups is 1. The van der Waals surface area contributed by atoms with E-state index in [0.717, 1.165) is 11.1 Å². The van der Waals surface area contributed by atoms with E-state index in [0.29, 0.717) is 38.7 Å². The van der Waals surface area contributed by atoms with Crippen molar-refractivity contribution < 1.29 is 4.79 Å². The third kappa shape index (κ3) is 2.64. The maximum atomic E-state index is 11.5. The van der Waals surface area contributed by atoms with Crippen LogP contribution in [0.25, 0.3) is 33.4 Å². The number of aromatic nitrogens is 4. The molecule has 2 aromatic carbocycles. The number of nitrogens with one attached hydrogen (secondary N) is 1. The lowest BCUT2D eigenvalue weighted by molar-refractivity contribution is 0.100. The molecule has 0 fully saturated rings. The van der Waals surface area contributed by atoms with E-state index in [4.69, 9.17) is 23.1 Å². The fraction of sp³-hybridized carbons (Fsp3) is 0. The van der Waals surface area contributed by atoms with E-state index in [2.05, 4.69) is 20.4 Å². The molecule has 0 bridgehead atoms. The molecule has 0 saturated carbocycles. The molecule has 0 aliphatic carbocycles. The molecule has 0 radical (unpaired) electrons. The molecular formula is C18H13ClN6O. The Bertz CT molecular complexity index is 1140. The number of anilines is 1. The molecule has 2 heterocycles. The highest BCUT2D eigenvalue weighted by atomic mass is 35.5. The number of halogens is 1. The van der Waals surface area contributed by atoms with Gasteiger partial charge >= 0.3 is 0 Å². The normalized spacial score (nSPS) is 11.0. The predicted molar refractivity (Wildman–Crippen MR) is 100 cm³/mol. The number of primary amides is 1. The zero-order valence-electron chi connectivity index (χ0n) is 13.4.